The lowest BCUT2D eigenvalue weighted by atomic mass is 10.1. The summed E-state index contributed by atoms with van der Waals surface area (Å²) >= 11 is 1.28. The van der Waals surface area contributed by atoms with E-state index in [1.807, 2.05) is 0 Å². The van der Waals surface area contributed by atoms with Crippen molar-refractivity contribution >= 4 is 22.4 Å². The number of rotatable bonds is 6. The van der Waals surface area contributed by atoms with Gasteiger partial charge >= 0.3 is 6.18 Å². The van der Waals surface area contributed by atoms with Crippen molar-refractivity contribution in [3.05, 3.63) is 46.5 Å². The molecule has 0 aliphatic rings. The van der Waals surface area contributed by atoms with Gasteiger partial charge in [-0.15, -0.1) is 11.3 Å². The fraction of sp³-hybridized carbons (Fsp3) is 0.333. The third-order valence-electron chi connectivity index (χ3n) is 2.90. The van der Waals surface area contributed by atoms with Gasteiger partial charge in [-0.3, -0.25) is 10.1 Å². The van der Waals surface area contributed by atoms with Crippen LogP contribution in [0.5, 0.6) is 0 Å². The van der Waals surface area contributed by atoms with E-state index >= 15 is 0 Å². The van der Waals surface area contributed by atoms with E-state index in [2.05, 4.69) is 10.3 Å². The van der Waals surface area contributed by atoms with Crippen LogP contribution in [0.1, 0.15) is 22.9 Å². The normalized spacial score (nSPS) is 11.5. The molecule has 0 saturated carbocycles. The second kappa shape index (κ2) is 7.56. The zero-order chi connectivity index (χ0) is 16.9. The number of ether oxygens (including phenoxy) is 1. The minimum Gasteiger partial charge on any atom is -0.372 e. The Morgan fingerprint density at radius 2 is 2.00 bits per heavy atom. The van der Waals surface area contributed by atoms with E-state index in [-0.39, 0.29) is 12.5 Å². The Kier molecular flexibility index (Phi) is 5.73. The number of alkyl halides is 3. The van der Waals surface area contributed by atoms with Crippen LogP contribution in [0.15, 0.2) is 30.5 Å². The quantitative estimate of drug-likeness (QED) is 0.869. The predicted molar refractivity (Wildman–Crippen MR) is 81.5 cm³/mol. The van der Waals surface area contributed by atoms with Crippen molar-refractivity contribution in [2.45, 2.75) is 19.5 Å². The lowest BCUT2D eigenvalue weighted by Crippen LogP contribution is -2.17. The van der Waals surface area contributed by atoms with Crippen molar-refractivity contribution in [2.75, 3.05) is 18.5 Å². The van der Waals surface area contributed by atoms with Gasteiger partial charge in [-0.2, -0.15) is 13.2 Å². The summed E-state index contributed by atoms with van der Waals surface area (Å²) in [6, 6.07) is 4.99. The molecule has 0 saturated heterocycles. The minimum atomic E-state index is -4.33. The van der Waals surface area contributed by atoms with E-state index in [1.165, 1.54) is 23.5 Å². The van der Waals surface area contributed by atoms with E-state index in [4.69, 9.17) is 4.74 Å². The third-order valence-corrected chi connectivity index (χ3v) is 3.81. The van der Waals surface area contributed by atoms with Crippen molar-refractivity contribution in [2.24, 2.45) is 0 Å². The molecule has 0 spiro atoms. The first-order chi connectivity index (χ1) is 10.9. The highest BCUT2D eigenvalue weighted by molar-refractivity contribution is 7.15. The van der Waals surface area contributed by atoms with Gasteiger partial charge in [0.25, 0.3) is 5.91 Å². The van der Waals surface area contributed by atoms with E-state index in [9.17, 15) is 18.0 Å². The number of hydrogen-bond donors (Lipinski definition) is 1. The molecule has 124 valence electrons. The smallest absolute Gasteiger partial charge is 0.372 e. The van der Waals surface area contributed by atoms with Crippen molar-refractivity contribution in [3.63, 3.8) is 0 Å². The van der Waals surface area contributed by atoms with Crippen LogP contribution in [0.25, 0.3) is 0 Å². The minimum absolute atomic E-state index is 0.0374. The average Bonchev–Trinajstić information content (AvgIpc) is 2.91. The highest BCUT2D eigenvalue weighted by atomic mass is 32.1. The van der Waals surface area contributed by atoms with Crippen LogP contribution in [-0.4, -0.2) is 24.1 Å². The zero-order valence-corrected chi connectivity index (χ0v) is 13.1. The van der Waals surface area contributed by atoms with E-state index in [0.717, 1.165) is 22.6 Å². The number of benzene rings is 1. The van der Waals surface area contributed by atoms with Crippen LogP contribution in [0, 0.1) is 0 Å². The van der Waals surface area contributed by atoms with Crippen LogP contribution >= 0.6 is 11.3 Å². The number of anilines is 1. The summed E-state index contributed by atoms with van der Waals surface area (Å²) in [7, 11) is 0. The maximum atomic E-state index is 12.5. The Labute approximate surface area is 135 Å². The van der Waals surface area contributed by atoms with Gasteiger partial charge in [0.1, 0.15) is 6.61 Å². The van der Waals surface area contributed by atoms with Crippen LogP contribution in [0.4, 0.5) is 18.3 Å². The second-order valence-electron chi connectivity index (χ2n) is 4.69. The summed E-state index contributed by atoms with van der Waals surface area (Å²) in [6.07, 6.45) is -2.28. The standard InChI is InChI=1S/C15H15F3N2O2S/c1-2-22-9-13(21)20-14-19-8-12(23-14)7-10-3-5-11(6-4-10)15(16,17)18/h3-6,8H,2,7,9H2,1H3,(H,19,20,21). The molecule has 0 atom stereocenters. The van der Waals surface area contributed by atoms with Crippen molar-refractivity contribution in [1.29, 1.82) is 0 Å². The number of hydrogen-bond acceptors (Lipinski definition) is 4. The molecular formula is C15H15F3N2O2S. The van der Waals surface area contributed by atoms with Gasteiger partial charge < -0.3 is 4.74 Å². The molecule has 0 aliphatic carbocycles. The molecule has 1 aromatic heterocycles. The monoisotopic (exact) mass is 344 g/mol. The molecule has 2 rings (SSSR count). The highest BCUT2D eigenvalue weighted by Crippen LogP contribution is 2.29. The Morgan fingerprint density at radius 1 is 1.30 bits per heavy atom. The van der Waals surface area contributed by atoms with Gasteiger partial charge in [-0.25, -0.2) is 4.98 Å². The summed E-state index contributed by atoms with van der Waals surface area (Å²) in [5, 5.41) is 3.05. The number of halogens is 3. The summed E-state index contributed by atoms with van der Waals surface area (Å²) in [5.74, 6) is -0.290. The highest BCUT2D eigenvalue weighted by Gasteiger charge is 2.29. The molecule has 1 aromatic carbocycles. The Morgan fingerprint density at radius 3 is 2.61 bits per heavy atom. The van der Waals surface area contributed by atoms with E-state index in [0.29, 0.717) is 18.2 Å². The van der Waals surface area contributed by atoms with Crippen molar-refractivity contribution in [1.82, 2.24) is 4.98 Å². The molecule has 23 heavy (non-hydrogen) atoms. The number of thiazole rings is 1. The van der Waals surface area contributed by atoms with Crippen LogP contribution in [0.2, 0.25) is 0 Å². The molecule has 1 heterocycles. The van der Waals surface area contributed by atoms with Gasteiger partial charge in [-0.05, 0) is 24.6 Å². The summed E-state index contributed by atoms with van der Waals surface area (Å²) in [6.45, 7) is 2.20. The molecule has 0 aliphatic heterocycles. The number of aromatic nitrogens is 1. The first kappa shape index (κ1) is 17.4. The van der Waals surface area contributed by atoms with Gasteiger partial charge in [0.2, 0.25) is 0 Å². The molecule has 0 radical (unpaired) electrons. The summed E-state index contributed by atoms with van der Waals surface area (Å²) in [4.78, 5) is 16.4. The molecule has 1 amide bonds. The molecule has 0 unspecified atom stereocenters. The summed E-state index contributed by atoms with van der Waals surface area (Å²) < 4.78 is 42.5. The number of carbonyl (C=O) groups is 1. The fourth-order valence-corrected chi connectivity index (χ4v) is 2.67. The molecule has 8 heteroatoms. The first-order valence-electron chi connectivity index (χ1n) is 6.87. The topological polar surface area (TPSA) is 51.2 Å². The molecular weight excluding hydrogens is 329 g/mol. The molecule has 0 fully saturated rings. The van der Waals surface area contributed by atoms with E-state index < -0.39 is 11.7 Å². The van der Waals surface area contributed by atoms with Gasteiger partial charge in [0.05, 0.1) is 5.56 Å². The average molecular weight is 344 g/mol. The Bertz CT molecular complexity index is 653. The second-order valence-corrected chi connectivity index (χ2v) is 5.80. The Balaban J connectivity index is 1.95. The van der Waals surface area contributed by atoms with Crippen molar-refractivity contribution in [3.8, 4) is 0 Å². The van der Waals surface area contributed by atoms with Crippen LogP contribution in [-0.2, 0) is 22.1 Å². The maximum absolute atomic E-state index is 12.5. The number of carbonyl (C=O) groups excluding carboxylic acids is 1. The number of nitrogens with zero attached hydrogens (tertiary/aromatic N) is 1. The van der Waals surface area contributed by atoms with Crippen molar-refractivity contribution < 1.29 is 22.7 Å². The fourth-order valence-electron chi connectivity index (χ4n) is 1.81. The SMILES string of the molecule is CCOCC(=O)Nc1ncc(Cc2ccc(C(F)(F)F)cc2)s1. The zero-order valence-electron chi connectivity index (χ0n) is 12.3. The largest absolute Gasteiger partial charge is 0.416 e. The first-order valence-corrected chi connectivity index (χ1v) is 7.68. The molecule has 1 N–H and O–H groups in total. The van der Waals surface area contributed by atoms with Gasteiger partial charge in [0.15, 0.2) is 5.13 Å². The van der Waals surface area contributed by atoms with Crippen LogP contribution < -0.4 is 5.32 Å². The van der Waals surface area contributed by atoms with Gasteiger partial charge in [-0.1, -0.05) is 12.1 Å². The lowest BCUT2D eigenvalue weighted by Gasteiger charge is -2.06. The third kappa shape index (κ3) is 5.33. The molecule has 0 bridgehead atoms. The Hall–Kier alpha value is -1.93. The number of amides is 1. The predicted octanol–water partition coefficient (Wildman–Crippen LogP) is 3.73. The molecule has 2 aromatic rings. The maximum Gasteiger partial charge on any atom is 0.416 e. The number of nitrogens with one attached hydrogen (secondary N) is 1. The van der Waals surface area contributed by atoms with Gasteiger partial charge in [0, 0.05) is 24.1 Å². The van der Waals surface area contributed by atoms with E-state index in [1.54, 1.807) is 13.1 Å². The molecule has 4 nitrogen and oxygen atoms in total. The summed E-state index contributed by atoms with van der Waals surface area (Å²) in [5.41, 5.74) is 0.0725. The van der Waals surface area contributed by atoms with Crippen LogP contribution in [0.3, 0.4) is 0 Å². The lowest BCUT2D eigenvalue weighted by molar-refractivity contribution is -0.137.